The van der Waals surface area contributed by atoms with Gasteiger partial charge >= 0.3 is 0 Å². The molecule has 0 unspecified atom stereocenters. The Labute approximate surface area is 127 Å². The molecule has 0 bridgehead atoms. The predicted octanol–water partition coefficient (Wildman–Crippen LogP) is 2.85. The van der Waals surface area contributed by atoms with Gasteiger partial charge in [0.25, 0.3) is 0 Å². The van der Waals surface area contributed by atoms with E-state index in [2.05, 4.69) is 0 Å². The van der Waals surface area contributed by atoms with Crippen LogP contribution in [0.2, 0.25) is 5.02 Å². The van der Waals surface area contributed by atoms with E-state index < -0.39 is 10.0 Å². The Morgan fingerprint density at radius 3 is 2.30 bits per heavy atom. The molecule has 0 saturated carbocycles. The third-order valence-electron chi connectivity index (χ3n) is 2.96. The topological polar surface area (TPSA) is 63.4 Å². The maximum Gasteiger partial charge on any atom is 0.243 e. The van der Waals surface area contributed by atoms with Crippen molar-refractivity contribution in [3.63, 3.8) is 0 Å². The maximum absolute atomic E-state index is 12.7. The molecule has 0 aliphatic heterocycles. The van der Waals surface area contributed by atoms with Gasteiger partial charge in [-0.25, -0.2) is 8.42 Å². The molecule has 0 radical (unpaired) electrons. The van der Waals surface area contributed by atoms with E-state index in [0.717, 1.165) is 0 Å². The summed E-state index contributed by atoms with van der Waals surface area (Å²) >= 11 is 5.98. The highest BCUT2D eigenvalue weighted by Crippen LogP contribution is 2.24. The van der Waals surface area contributed by atoms with Crippen LogP contribution in [-0.2, 0) is 16.6 Å². The van der Waals surface area contributed by atoms with Gasteiger partial charge in [-0.2, -0.15) is 4.31 Å². The number of hydrogen-bond acceptors (Lipinski definition) is 3. The van der Waals surface area contributed by atoms with E-state index in [0.29, 0.717) is 17.1 Å². The lowest BCUT2D eigenvalue weighted by molar-refractivity contribution is 0.319. The van der Waals surface area contributed by atoms with E-state index in [-0.39, 0.29) is 23.4 Å². The molecule has 0 heterocycles. The smallest absolute Gasteiger partial charge is 0.243 e. The van der Waals surface area contributed by atoms with Crippen molar-refractivity contribution in [3.05, 3.63) is 28.8 Å². The minimum Gasteiger partial charge on any atom is -0.326 e. The number of rotatable bonds is 6. The fourth-order valence-electron chi connectivity index (χ4n) is 1.95. The largest absolute Gasteiger partial charge is 0.326 e. The van der Waals surface area contributed by atoms with Crippen molar-refractivity contribution >= 4 is 21.6 Å². The van der Waals surface area contributed by atoms with Gasteiger partial charge in [0.1, 0.15) is 0 Å². The summed E-state index contributed by atoms with van der Waals surface area (Å²) in [6.07, 6.45) is 0. The summed E-state index contributed by atoms with van der Waals surface area (Å²) in [4.78, 5) is 0.247. The Balaban J connectivity index is 3.26. The highest BCUT2D eigenvalue weighted by atomic mass is 35.5. The van der Waals surface area contributed by atoms with Crippen LogP contribution < -0.4 is 5.73 Å². The zero-order valence-corrected chi connectivity index (χ0v) is 14.0. The van der Waals surface area contributed by atoms with Crippen LogP contribution in [0, 0.1) is 5.92 Å². The number of benzene rings is 1. The predicted molar refractivity (Wildman–Crippen MR) is 83.2 cm³/mol. The van der Waals surface area contributed by atoms with E-state index in [1.54, 1.807) is 12.1 Å². The first-order valence-electron chi connectivity index (χ1n) is 6.70. The maximum atomic E-state index is 12.7. The van der Waals surface area contributed by atoms with Crippen LogP contribution in [0.25, 0.3) is 0 Å². The van der Waals surface area contributed by atoms with E-state index in [1.807, 2.05) is 27.7 Å². The second-order valence-electron chi connectivity index (χ2n) is 5.52. The summed E-state index contributed by atoms with van der Waals surface area (Å²) in [7, 11) is -3.53. The standard InChI is InChI=1S/C14H23ClN2O2S/c1-10(2)9-17(11(3)4)20(18,19)13-5-6-14(15)12(7-13)8-16/h5-7,10-11H,8-9,16H2,1-4H3. The van der Waals surface area contributed by atoms with Gasteiger partial charge in [-0.15, -0.1) is 0 Å². The highest BCUT2D eigenvalue weighted by Gasteiger charge is 2.27. The van der Waals surface area contributed by atoms with Crippen molar-refractivity contribution in [2.24, 2.45) is 11.7 Å². The zero-order chi connectivity index (χ0) is 15.5. The Bertz CT molecular complexity index is 556. The normalized spacial score (nSPS) is 12.7. The van der Waals surface area contributed by atoms with Crippen molar-refractivity contribution < 1.29 is 8.42 Å². The second kappa shape index (κ2) is 6.89. The van der Waals surface area contributed by atoms with Gasteiger partial charge in [-0.3, -0.25) is 0 Å². The summed E-state index contributed by atoms with van der Waals surface area (Å²) in [6, 6.07) is 4.59. The molecule has 1 aromatic rings. The lowest BCUT2D eigenvalue weighted by Crippen LogP contribution is -2.39. The molecule has 2 N–H and O–H groups in total. The molecule has 114 valence electrons. The van der Waals surface area contributed by atoms with Crippen LogP contribution >= 0.6 is 11.6 Å². The first-order chi connectivity index (χ1) is 9.20. The first kappa shape index (κ1) is 17.4. The quantitative estimate of drug-likeness (QED) is 0.877. The van der Waals surface area contributed by atoms with Crippen LogP contribution in [0.5, 0.6) is 0 Å². The zero-order valence-electron chi connectivity index (χ0n) is 12.4. The Kier molecular flexibility index (Phi) is 6.01. The SMILES string of the molecule is CC(C)CN(C(C)C)S(=O)(=O)c1ccc(Cl)c(CN)c1. The van der Waals surface area contributed by atoms with Crippen LogP contribution in [0.1, 0.15) is 33.3 Å². The molecule has 0 atom stereocenters. The first-order valence-corrected chi connectivity index (χ1v) is 8.52. The molecular weight excluding hydrogens is 296 g/mol. The Morgan fingerprint density at radius 2 is 1.85 bits per heavy atom. The van der Waals surface area contributed by atoms with E-state index >= 15 is 0 Å². The number of nitrogens with zero attached hydrogens (tertiary/aromatic N) is 1. The molecule has 0 aliphatic rings. The van der Waals surface area contributed by atoms with Crippen molar-refractivity contribution in [1.82, 2.24) is 4.31 Å². The van der Waals surface area contributed by atoms with Crippen LogP contribution in [-0.4, -0.2) is 25.3 Å². The number of sulfonamides is 1. The summed E-state index contributed by atoms with van der Waals surface area (Å²) in [6.45, 7) is 8.45. The second-order valence-corrected chi connectivity index (χ2v) is 7.82. The molecule has 0 aliphatic carbocycles. The van der Waals surface area contributed by atoms with Gasteiger partial charge in [-0.1, -0.05) is 25.4 Å². The fraction of sp³-hybridized carbons (Fsp3) is 0.571. The molecule has 20 heavy (non-hydrogen) atoms. The number of hydrogen-bond donors (Lipinski definition) is 1. The fourth-order valence-corrected chi connectivity index (χ4v) is 4.00. The van der Waals surface area contributed by atoms with E-state index in [1.165, 1.54) is 10.4 Å². The summed E-state index contributed by atoms with van der Waals surface area (Å²) in [5.74, 6) is 0.258. The Hall–Kier alpha value is -0.620. The van der Waals surface area contributed by atoms with Crippen molar-refractivity contribution in [1.29, 1.82) is 0 Å². The number of nitrogens with two attached hydrogens (primary N) is 1. The van der Waals surface area contributed by atoms with E-state index in [4.69, 9.17) is 17.3 Å². The molecule has 1 aromatic carbocycles. The van der Waals surface area contributed by atoms with Crippen molar-refractivity contribution in [2.75, 3.05) is 6.54 Å². The molecule has 0 spiro atoms. The molecule has 0 fully saturated rings. The van der Waals surface area contributed by atoms with Gasteiger partial charge in [0, 0.05) is 24.2 Å². The average molecular weight is 319 g/mol. The summed E-state index contributed by atoms with van der Waals surface area (Å²) in [5.41, 5.74) is 6.23. The van der Waals surface area contributed by atoms with Crippen LogP contribution in [0.4, 0.5) is 0 Å². The molecule has 4 nitrogen and oxygen atoms in total. The molecule has 0 amide bonds. The van der Waals surface area contributed by atoms with E-state index in [9.17, 15) is 8.42 Å². The third-order valence-corrected chi connectivity index (χ3v) is 5.37. The Morgan fingerprint density at radius 1 is 1.25 bits per heavy atom. The molecule has 0 saturated heterocycles. The van der Waals surface area contributed by atoms with Gasteiger partial charge < -0.3 is 5.73 Å². The van der Waals surface area contributed by atoms with Crippen LogP contribution in [0.15, 0.2) is 23.1 Å². The average Bonchev–Trinajstić information content (AvgIpc) is 2.35. The summed E-state index contributed by atoms with van der Waals surface area (Å²) in [5, 5.41) is 0.492. The molecule has 1 rings (SSSR count). The van der Waals surface area contributed by atoms with Crippen molar-refractivity contribution in [2.45, 2.75) is 45.2 Å². The molecule has 6 heteroatoms. The monoisotopic (exact) mass is 318 g/mol. The van der Waals surface area contributed by atoms with Gasteiger partial charge in [0.15, 0.2) is 0 Å². The van der Waals surface area contributed by atoms with Crippen molar-refractivity contribution in [3.8, 4) is 0 Å². The lowest BCUT2D eigenvalue weighted by Gasteiger charge is -2.27. The minimum absolute atomic E-state index is 0.0978. The lowest BCUT2D eigenvalue weighted by atomic mass is 10.2. The summed E-state index contributed by atoms with van der Waals surface area (Å²) < 4.78 is 27.0. The number of halogens is 1. The third kappa shape index (κ3) is 3.95. The van der Waals surface area contributed by atoms with Crippen LogP contribution in [0.3, 0.4) is 0 Å². The van der Waals surface area contributed by atoms with Gasteiger partial charge in [0.2, 0.25) is 10.0 Å². The van der Waals surface area contributed by atoms with Gasteiger partial charge in [-0.05, 0) is 43.5 Å². The molecular formula is C14H23ClN2O2S. The molecule has 0 aromatic heterocycles. The highest BCUT2D eigenvalue weighted by molar-refractivity contribution is 7.89. The minimum atomic E-state index is -3.53. The van der Waals surface area contributed by atoms with Gasteiger partial charge in [0.05, 0.1) is 4.90 Å².